The molecule has 8 nitrogen and oxygen atoms in total. The number of nitrogens with zero attached hydrogens (tertiary/aromatic N) is 4. The van der Waals surface area contributed by atoms with E-state index in [9.17, 15) is 4.79 Å². The van der Waals surface area contributed by atoms with Crippen molar-refractivity contribution in [2.75, 3.05) is 5.32 Å². The van der Waals surface area contributed by atoms with Crippen LogP contribution >= 0.6 is 0 Å². The van der Waals surface area contributed by atoms with Gasteiger partial charge in [0.15, 0.2) is 5.43 Å². The molecule has 0 unspecified atom stereocenters. The highest BCUT2D eigenvalue weighted by atomic mass is 16.1. The number of aromatic nitrogens is 5. The molecule has 0 aliphatic carbocycles. The number of aryl methyl sites for hydroxylation is 4. The Morgan fingerprint density at radius 1 is 1.23 bits per heavy atom. The van der Waals surface area contributed by atoms with E-state index in [1.807, 2.05) is 31.5 Å². The number of hydrogen-bond acceptors (Lipinski definition) is 6. The molecule has 0 fully saturated rings. The number of hydrogen-bond donors (Lipinski definition) is 3. The average Bonchev–Trinajstić information content (AvgIpc) is 3.03. The Morgan fingerprint density at radius 3 is 2.74 bits per heavy atom. The number of fused-ring (bicyclic) bond motifs is 1. The van der Waals surface area contributed by atoms with Gasteiger partial charge < -0.3 is 20.3 Å². The molecule has 0 saturated heterocycles. The molecule has 158 valence electrons. The van der Waals surface area contributed by atoms with Crippen molar-refractivity contribution in [3.63, 3.8) is 0 Å². The van der Waals surface area contributed by atoms with Gasteiger partial charge in [0.1, 0.15) is 17.2 Å². The van der Waals surface area contributed by atoms with Crippen LogP contribution in [0.1, 0.15) is 36.1 Å². The highest BCUT2D eigenvalue weighted by molar-refractivity contribution is 5.91. The maximum atomic E-state index is 12.3. The molecular formula is C23H25N7O. The molecule has 0 saturated carbocycles. The predicted molar refractivity (Wildman–Crippen MR) is 123 cm³/mol. The SMILES string of the molecule is CCCc1nc(Nc2cc(-c3c[nH]ccc3=O)nc(C)c2C=N)cc2c1nc(C)n2C. The molecule has 4 heterocycles. The summed E-state index contributed by atoms with van der Waals surface area (Å²) in [4.78, 5) is 29.3. The molecule has 4 aromatic rings. The number of pyridine rings is 3. The lowest BCUT2D eigenvalue weighted by Crippen LogP contribution is -2.08. The Kier molecular flexibility index (Phi) is 5.37. The van der Waals surface area contributed by atoms with Crippen molar-refractivity contribution >= 4 is 28.8 Å². The van der Waals surface area contributed by atoms with Crippen molar-refractivity contribution < 1.29 is 0 Å². The summed E-state index contributed by atoms with van der Waals surface area (Å²) >= 11 is 0. The zero-order chi connectivity index (χ0) is 22.1. The first kappa shape index (κ1) is 20.5. The van der Waals surface area contributed by atoms with Crippen molar-refractivity contribution in [2.24, 2.45) is 7.05 Å². The minimum atomic E-state index is -0.116. The van der Waals surface area contributed by atoms with E-state index in [4.69, 9.17) is 10.4 Å². The molecule has 3 N–H and O–H groups in total. The zero-order valence-electron chi connectivity index (χ0n) is 18.1. The summed E-state index contributed by atoms with van der Waals surface area (Å²) in [6.07, 6.45) is 6.28. The first-order valence-electron chi connectivity index (χ1n) is 10.2. The summed E-state index contributed by atoms with van der Waals surface area (Å²) in [5, 5.41) is 11.2. The highest BCUT2D eigenvalue weighted by Gasteiger charge is 2.15. The van der Waals surface area contributed by atoms with E-state index in [0.29, 0.717) is 34.0 Å². The molecule has 0 aliphatic rings. The van der Waals surface area contributed by atoms with Crippen LogP contribution in [0.4, 0.5) is 11.5 Å². The fraction of sp³-hybridized carbons (Fsp3) is 0.261. The third kappa shape index (κ3) is 3.72. The van der Waals surface area contributed by atoms with Gasteiger partial charge in [0.05, 0.1) is 28.2 Å². The van der Waals surface area contributed by atoms with Crippen LogP contribution in [0.15, 0.2) is 35.4 Å². The van der Waals surface area contributed by atoms with Crippen LogP contribution < -0.4 is 10.7 Å². The monoisotopic (exact) mass is 415 g/mol. The second-order valence-corrected chi connectivity index (χ2v) is 7.54. The van der Waals surface area contributed by atoms with Gasteiger partial charge in [-0.05, 0) is 26.3 Å². The fourth-order valence-electron chi connectivity index (χ4n) is 3.70. The number of anilines is 2. The van der Waals surface area contributed by atoms with Gasteiger partial charge in [0.25, 0.3) is 0 Å². The van der Waals surface area contributed by atoms with E-state index >= 15 is 0 Å². The number of aromatic amines is 1. The van der Waals surface area contributed by atoms with Gasteiger partial charge in [-0.3, -0.25) is 9.78 Å². The Morgan fingerprint density at radius 2 is 2.03 bits per heavy atom. The van der Waals surface area contributed by atoms with Crippen LogP contribution in [0.3, 0.4) is 0 Å². The molecule has 4 rings (SSSR count). The lowest BCUT2D eigenvalue weighted by Gasteiger charge is -2.14. The molecule has 0 atom stereocenters. The van der Waals surface area contributed by atoms with E-state index < -0.39 is 0 Å². The summed E-state index contributed by atoms with van der Waals surface area (Å²) in [5.74, 6) is 1.59. The van der Waals surface area contributed by atoms with E-state index in [1.165, 1.54) is 12.3 Å². The molecule has 31 heavy (non-hydrogen) atoms. The molecule has 0 spiro atoms. The van der Waals surface area contributed by atoms with E-state index in [0.717, 1.165) is 35.4 Å². The van der Waals surface area contributed by atoms with E-state index in [1.54, 1.807) is 18.5 Å². The summed E-state index contributed by atoms with van der Waals surface area (Å²) in [6.45, 7) is 5.92. The van der Waals surface area contributed by atoms with Crippen LogP contribution in [-0.4, -0.2) is 30.7 Å². The number of imidazole rings is 1. The first-order valence-corrected chi connectivity index (χ1v) is 10.2. The average molecular weight is 416 g/mol. The molecule has 0 aliphatic heterocycles. The second-order valence-electron chi connectivity index (χ2n) is 7.54. The first-order chi connectivity index (χ1) is 14.9. The van der Waals surface area contributed by atoms with Gasteiger partial charge in [-0.1, -0.05) is 13.3 Å². The molecular weight excluding hydrogens is 390 g/mol. The Hall–Kier alpha value is -3.81. The Bertz CT molecular complexity index is 1350. The molecule has 0 amide bonds. The van der Waals surface area contributed by atoms with Gasteiger partial charge >= 0.3 is 0 Å². The third-order valence-electron chi connectivity index (χ3n) is 5.41. The maximum absolute atomic E-state index is 12.3. The van der Waals surface area contributed by atoms with Gasteiger partial charge in [-0.25, -0.2) is 9.97 Å². The van der Waals surface area contributed by atoms with E-state index in [2.05, 4.69) is 27.2 Å². The number of rotatable bonds is 6. The lowest BCUT2D eigenvalue weighted by atomic mass is 10.1. The summed E-state index contributed by atoms with van der Waals surface area (Å²) in [6, 6.07) is 5.23. The van der Waals surface area contributed by atoms with Crippen LogP contribution in [0, 0.1) is 19.3 Å². The smallest absolute Gasteiger partial charge is 0.190 e. The van der Waals surface area contributed by atoms with E-state index in [-0.39, 0.29) is 5.43 Å². The molecule has 8 heteroatoms. The predicted octanol–water partition coefficient (Wildman–Crippen LogP) is 4.03. The topological polar surface area (TPSA) is 112 Å². The zero-order valence-corrected chi connectivity index (χ0v) is 18.1. The highest BCUT2D eigenvalue weighted by Crippen LogP contribution is 2.28. The summed E-state index contributed by atoms with van der Waals surface area (Å²) < 4.78 is 2.05. The number of H-pyrrole nitrogens is 1. The van der Waals surface area contributed by atoms with Crippen molar-refractivity contribution in [3.8, 4) is 11.3 Å². The molecule has 4 aromatic heterocycles. The quantitative estimate of drug-likeness (QED) is 0.412. The van der Waals surface area contributed by atoms with Crippen LogP contribution in [-0.2, 0) is 13.5 Å². The number of nitrogens with one attached hydrogen (secondary N) is 3. The Labute approximate surface area is 179 Å². The van der Waals surface area contributed by atoms with Gasteiger partial charge in [0.2, 0.25) is 0 Å². The molecule has 0 radical (unpaired) electrons. The van der Waals surface area contributed by atoms with Gasteiger partial charge in [0, 0.05) is 49.0 Å². The lowest BCUT2D eigenvalue weighted by molar-refractivity contribution is 0.886. The Balaban J connectivity index is 1.86. The third-order valence-corrected chi connectivity index (χ3v) is 5.41. The van der Waals surface area contributed by atoms with Crippen molar-refractivity contribution in [1.82, 2.24) is 24.5 Å². The standard InChI is InChI=1S/C23H25N7O/c1-5-6-17-23-20(30(4)14(3)27-23)10-22(28-17)29-18-9-19(26-13(2)15(18)11-24)16-12-25-8-7-21(16)31/h7-12,24H,5-6H2,1-4H3,(H,25,31)(H,26,28,29). The minimum absolute atomic E-state index is 0.116. The van der Waals surface area contributed by atoms with Gasteiger partial charge in [-0.2, -0.15) is 0 Å². The minimum Gasteiger partial charge on any atom is -0.367 e. The van der Waals surface area contributed by atoms with Crippen molar-refractivity contribution in [2.45, 2.75) is 33.6 Å². The van der Waals surface area contributed by atoms with Crippen LogP contribution in [0.25, 0.3) is 22.3 Å². The normalized spacial score (nSPS) is 11.1. The summed E-state index contributed by atoms with van der Waals surface area (Å²) in [7, 11) is 1.99. The van der Waals surface area contributed by atoms with Gasteiger partial charge in [-0.15, -0.1) is 0 Å². The van der Waals surface area contributed by atoms with Crippen LogP contribution in [0.2, 0.25) is 0 Å². The van der Waals surface area contributed by atoms with Crippen molar-refractivity contribution in [1.29, 1.82) is 5.41 Å². The molecule has 0 aromatic carbocycles. The largest absolute Gasteiger partial charge is 0.367 e. The molecule has 0 bridgehead atoms. The van der Waals surface area contributed by atoms with Crippen LogP contribution in [0.5, 0.6) is 0 Å². The second kappa shape index (κ2) is 8.14. The van der Waals surface area contributed by atoms with Crippen molar-refractivity contribution in [3.05, 3.63) is 63.6 Å². The fourth-order valence-corrected chi connectivity index (χ4v) is 3.70. The maximum Gasteiger partial charge on any atom is 0.190 e. The summed E-state index contributed by atoms with van der Waals surface area (Å²) in [5.41, 5.74) is 5.74.